The Morgan fingerprint density at radius 2 is 2.14 bits per heavy atom. The van der Waals surface area contributed by atoms with Crippen molar-refractivity contribution in [1.82, 2.24) is 5.32 Å². The molecule has 1 amide bonds. The molecule has 2 atom stereocenters. The highest BCUT2D eigenvalue weighted by atomic mass is 35.5. The van der Waals surface area contributed by atoms with Crippen LogP contribution in [-0.2, 0) is 4.79 Å². The molecule has 1 heterocycles. The fraction of sp³-hybridized carbons (Fsp3) is 0.267. The second-order valence-corrected chi connectivity index (χ2v) is 6.26. The predicted molar refractivity (Wildman–Crippen MR) is 83.4 cm³/mol. The van der Waals surface area contributed by atoms with Gasteiger partial charge in [0.05, 0.1) is 23.1 Å². The largest absolute Gasteiger partial charge is 0.467 e. The third-order valence-electron chi connectivity index (χ3n) is 2.85. The summed E-state index contributed by atoms with van der Waals surface area (Å²) in [6, 6.07) is 10.7. The van der Waals surface area contributed by atoms with E-state index in [1.54, 1.807) is 25.1 Å². The van der Waals surface area contributed by atoms with Crippen LogP contribution in [-0.4, -0.2) is 22.8 Å². The molecule has 0 aliphatic heterocycles. The van der Waals surface area contributed by atoms with E-state index in [-0.39, 0.29) is 17.7 Å². The van der Waals surface area contributed by atoms with E-state index in [9.17, 15) is 9.90 Å². The van der Waals surface area contributed by atoms with Crippen LogP contribution >= 0.6 is 23.4 Å². The Kier molecular flexibility index (Phi) is 5.73. The topological polar surface area (TPSA) is 62.5 Å². The van der Waals surface area contributed by atoms with Crippen molar-refractivity contribution >= 4 is 29.3 Å². The zero-order valence-corrected chi connectivity index (χ0v) is 13.0. The average Bonchev–Trinajstić information content (AvgIpc) is 3.01. The van der Waals surface area contributed by atoms with Gasteiger partial charge in [0.15, 0.2) is 0 Å². The average molecular weight is 326 g/mol. The van der Waals surface area contributed by atoms with Gasteiger partial charge >= 0.3 is 0 Å². The lowest BCUT2D eigenvalue weighted by molar-refractivity contribution is -0.120. The van der Waals surface area contributed by atoms with Gasteiger partial charge in [0.1, 0.15) is 11.9 Å². The van der Waals surface area contributed by atoms with E-state index in [2.05, 4.69) is 5.32 Å². The van der Waals surface area contributed by atoms with Crippen molar-refractivity contribution in [1.29, 1.82) is 0 Å². The van der Waals surface area contributed by atoms with E-state index < -0.39 is 6.10 Å². The second-order valence-electron chi connectivity index (χ2n) is 4.47. The van der Waals surface area contributed by atoms with E-state index >= 15 is 0 Å². The molecule has 2 unspecified atom stereocenters. The van der Waals surface area contributed by atoms with Crippen LogP contribution in [0.3, 0.4) is 0 Å². The molecule has 2 N–H and O–H groups in total. The van der Waals surface area contributed by atoms with Crippen molar-refractivity contribution in [3.05, 3.63) is 53.4 Å². The van der Waals surface area contributed by atoms with Crippen LogP contribution in [0.15, 0.2) is 52.0 Å². The summed E-state index contributed by atoms with van der Waals surface area (Å²) in [6.45, 7) is 1.91. The number of nitrogens with one attached hydrogen (secondary N) is 1. The zero-order chi connectivity index (χ0) is 15.2. The van der Waals surface area contributed by atoms with Gasteiger partial charge in [-0.25, -0.2) is 0 Å². The maximum atomic E-state index is 12.0. The van der Waals surface area contributed by atoms with Gasteiger partial charge in [-0.3, -0.25) is 4.79 Å². The number of aliphatic hydroxyl groups is 1. The summed E-state index contributed by atoms with van der Waals surface area (Å²) in [5, 5.41) is 12.8. The molecule has 0 aliphatic rings. The van der Waals surface area contributed by atoms with Gasteiger partial charge in [0, 0.05) is 4.90 Å². The first-order valence-electron chi connectivity index (χ1n) is 6.48. The molecule has 1 aromatic carbocycles. The fourth-order valence-corrected chi connectivity index (χ4v) is 2.89. The van der Waals surface area contributed by atoms with E-state index in [0.717, 1.165) is 4.90 Å². The van der Waals surface area contributed by atoms with Crippen molar-refractivity contribution < 1.29 is 14.3 Å². The molecular formula is C15H16ClNO3S. The first-order chi connectivity index (χ1) is 10.1. The van der Waals surface area contributed by atoms with Gasteiger partial charge in [0.25, 0.3) is 0 Å². The van der Waals surface area contributed by atoms with Crippen LogP contribution < -0.4 is 5.32 Å². The van der Waals surface area contributed by atoms with Crippen molar-refractivity contribution in [3.8, 4) is 0 Å². The minimum atomic E-state index is -0.846. The van der Waals surface area contributed by atoms with Crippen LogP contribution in [0.4, 0.5) is 0 Å². The van der Waals surface area contributed by atoms with Gasteiger partial charge < -0.3 is 14.8 Å². The number of hydrogen-bond donors (Lipinski definition) is 2. The molecular weight excluding hydrogens is 310 g/mol. The Labute approximate surface area is 132 Å². The quantitative estimate of drug-likeness (QED) is 0.800. The summed E-state index contributed by atoms with van der Waals surface area (Å²) >= 11 is 7.44. The number of hydrogen-bond acceptors (Lipinski definition) is 4. The van der Waals surface area contributed by atoms with Crippen LogP contribution in [0, 0.1) is 0 Å². The maximum absolute atomic E-state index is 12.0. The number of carbonyl (C=O) groups is 1. The number of halogens is 1. The monoisotopic (exact) mass is 325 g/mol. The van der Waals surface area contributed by atoms with E-state index in [1.807, 2.05) is 18.2 Å². The second kappa shape index (κ2) is 7.54. The van der Waals surface area contributed by atoms with Crippen LogP contribution in [0.2, 0.25) is 5.02 Å². The van der Waals surface area contributed by atoms with Crippen molar-refractivity contribution in [3.63, 3.8) is 0 Å². The molecule has 0 bridgehead atoms. The Morgan fingerprint density at radius 1 is 1.38 bits per heavy atom. The number of amides is 1. The lowest BCUT2D eigenvalue weighted by Gasteiger charge is -2.14. The van der Waals surface area contributed by atoms with Gasteiger partial charge in [-0.2, -0.15) is 0 Å². The summed E-state index contributed by atoms with van der Waals surface area (Å²) < 4.78 is 5.08. The van der Waals surface area contributed by atoms with E-state index in [0.29, 0.717) is 10.8 Å². The molecule has 0 saturated carbocycles. The van der Waals surface area contributed by atoms with Crippen molar-refractivity contribution in [2.45, 2.75) is 23.2 Å². The molecule has 1 aromatic heterocycles. The van der Waals surface area contributed by atoms with E-state index in [1.165, 1.54) is 18.0 Å². The molecule has 4 nitrogen and oxygen atoms in total. The fourth-order valence-electron chi connectivity index (χ4n) is 1.71. The van der Waals surface area contributed by atoms with Gasteiger partial charge in [0.2, 0.25) is 5.91 Å². The minimum Gasteiger partial charge on any atom is -0.467 e. The Bertz CT molecular complexity index is 588. The van der Waals surface area contributed by atoms with E-state index in [4.69, 9.17) is 16.0 Å². The summed E-state index contributed by atoms with van der Waals surface area (Å²) in [4.78, 5) is 12.9. The Hall–Kier alpha value is -1.43. The summed E-state index contributed by atoms with van der Waals surface area (Å²) in [6.07, 6.45) is 0.637. The van der Waals surface area contributed by atoms with Crippen LogP contribution in [0.5, 0.6) is 0 Å². The minimum absolute atomic E-state index is 0.111. The highest BCUT2D eigenvalue weighted by Crippen LogP contribution is 2.30. The molecule has 0 saturated heterocycles. The predicted octanol–water partition coefficient (Wildman–Crippen LogP) is 3.26. The first-order valence-corrected chi connectivity index (χ1v) is 7.74. The molecule has 0 spiro atoms. The SMILES string of the molecule is CC(Sc1ccccc1Cl)C(=O)NCC(O)c1ccco1. The molecule has 112 valence electrons. The van der Waals surface area contributed by atoms with Gasteiger partial charge in [-0.05, 0) is 31.2 Å². The number of carbonyl (C=O) groups excluding carboxylic acids is 1. The Balaban J connectivity index is 1.84. The summed E-state index contributed by atoms with van der Waals surface area (Å²) in [5.41, 5.74) is 0. The van der Waals surface area contributed by atoms with Crippen LogP contribution in [0.1, 0.15) is 18.8 Å². The molecule has 6 heteroatoms. The number of aliphatic hydroxyl groups excluding tert-OH is 1. The summed E-state index contributed by atoms with van der Waals surface area (Å²) in [7, 11) is 0. The third-order valence-corrected chi connectivity index (χ3v) is 4.47. The smallest absolute Gasteiger partial charge is 0.233 e. The molecule has 21 heavy (non-hydrogen) atoms. The first kappa shape index (κ1) is 15.9. The van der Waals surface area contributed by atoms with Gasteiger partial charge in [-0.15, -0.1) is 11.8 Å². The summed E-state index contributed by atoms with van der Waals surface area (Å²) in [5.74, 6) is 0.271. The van der Waals surface area contributed by atoms with Crippen molar-refractivity contribution in [2.75, 3.05) is 6.54 Å². The molecule has 0 fully saturated rings. The lowest BCUT2D eigenvalue weighted by Crippen LogP contribution is -2.34. The molecule has 0 radical (unpaired) electrons. The number of benzene rings is 1. The highest BCUT2D eigenvalue weighted by molar-refractivity contribution is 8.00. The number of thioether (sulfide) groups is 1. The zero-order valence-electron chi connectivity index (χ0n) is 11.5. The third kappa shape index (κ3) is 4.52. The normalized spacial score (nSPS) is 13.7. The highest BCUT2D eigenvalue weighted by Gasteiger charge is 2.18. The Morgan fingerprint density at radius 3 is 2.81 bits per heavy atom. The molecule has 2 rings (SSSR count). The number of furan rings is 1. The standard InChI is InChI=1S/C15H16ClNO3S/c1-10(21-14-7-3-2-5-11(14)16)15(19)17-9-12(18)13-6-4-8-20-13/h2-8,10,12,18H,9H2,1H3,(H,17,19). The molecule has 0 aliphatic carbocycles. The van der Waals surface area contributed by atoms with Gasteiger partial charge in [-0.1, -0.05) is 23.7 Å². The maximum Gasteiger partial charge on any atom is 0.233 e. The lowest BCUT2D eigenvalue weighted by atomic mass is 10.2. The van der Waals surface area contributed by atoms with Crippen molar-refractivity contribution in [2.24, 2.45) is 0 Å². The molecule has 2 aromatic rings. The van der Waals surface area contributed by atoms with Crippen LogP contribution in [0.25, 0.3) is 0 Å². The number of rotatable bonds is 6.